The predicted molar refractivity (Wildman–Crippen MR) is 107 cm³/mol. The molecule has 0 radical (unpaired) electrons. The number of aromatic nitrogens is 2. The minimum absolute atomic E-state index is 0.399. The number of ether oxygens (including phenoxy) is 1. The van der Waals surface area contributed by atoms with Gasteiger partial charge in [-0.05, 0) is 38.1 Å². The van der Waals surface area contributed by atoms with Gasteiger partial charge in [0.2, 0.25) is 5.95 Å². The lowest BCUT2D eigenvalue weighted by molar-refractivity contribution is 0.342. The third-order valence-electron chi connectivity index (χ3n) is 3.50. The number of aryl methyl sites for hydroxylation is 1. The Morgan fingerprint density at radius 1 is 0.962 bits per heavy atom. The Labute approximate surface area is 162 Å². The molecule has 0 saturated heterocycles. The van der Waals surface area contributed by atoms with Crippen LogP contribution in [0.25, 0.3) is 0 Å². The van der Waals surface area contributed by atoms with Crippen molar-refractivity contribution in [3.63, 3.8) is 0 Å². The first-order chi connectivity index (χ1) is 12.6. The molecule has 2 aromatic carbocycles. The van der Waals surface area contributed by atoms with Crippen molar-refractivity contribution < 1.29 is 4.74 Å². The van der Waals surface area contributed by atoms with E-state index in [0.29, 0.717) is 34.1 Å². The second kappa shape index (κ2) is 8.25. The lowest BCUT2D eigenvalue weighted by atomic mass is 10.3. The van der Waals surface area contributed by atoms with Crippen LogP contribution in [0.3, 0.4) is 0 Å². The van der Waals surface area contributed by atoms with Gasteiger partial charge in [-0.2, -0.15) is 4.98 Å². The molecule has 1 heterocycles. The van der Waals surface area contributed by atoms with Crippen molar-refractivity contribution in [3.8, 4) is 5.75 Å². The van der Waals surface area contributed by atoms with Crippen molar-refractivity contribution in [3.05, 3.63) is 64.3 Å². The number of para-hydroxylation sites is 3. The lowest BCUT2D eigenvalue weighted by Gasteiger charge is -2.14. The standard InChI is InChI=1S/C19H18Cl2N4O/c1-3-26-16-10-5-4-9-15(16)23-17-11-12(2)22-19(24-17)25-18-13(20)7-6-8-14(18)21/h4-11H,3H2,1-2H3,(H2,22,23,24,25). The van der Waals surface area contributed by atoms with Crippen molar-refractivity contribution >= 4 is 46.3 Å². The van der Waals surface area contributed by atoms with E-state index in [1.54, 1.807) is 18.2 Å². The number of rotatable bonds is 6. The van der Waals surface area contributed by atoms with Crippen molar-refractivity contribution in [2.24, 2.45) is 0 Å². The highest BCUT2D eigenvalue weighted by atomic mass is 35.5. The van der Waals surface area contributed by atoms with Crippen LogP contribution >= 0.6 is 23.2 Å². The summed E-state index contributed by atoms with van der Waals surface area (Å²) in [7, 11) is 0. The van der Waals surface area contributed by atoms with Gasteiger partial charge in [-0.3, -0.25) is 0 Å². The normalized spacial score (nSPS) is 10.5. The molecule has 0 atom stereocenters. The fraction of sp³-hybridized carbons (Fsp3) is 0.158. The summed E-state index contributed by atoms with van der Waals surface area (Å²) >= 11 is 12.4. The minimum Gasteiger partial charge on any atom is -0.492 e. The highest BCUT2D eigenvalue weighted by Crippen LogP contribution is 2.32. The van der Waals surface area contributed by atoms with E-state index in [1.165, 1.54) is 0 Å². The molecule has 0 aliphatic rings. The van der Waals surface area contributed by atoms with Crippen LogP contribution in [-0.2, 0) is 0 Å². The molecule has 0 spiro atoms. The number of hydrogen-bond acceptors (Lipinski definition) is 5. The van der Waals surface area contributed by atoms with Crippen LogP contribution in [0.15, 0.2) is 48.5 Å². The van der Waals surface area contributed by atoms with E-state index in [9.17, 15) is 0 Å². The highest BCUT2D eigenvalue weighted by molar-refractivity contribution is 6.39. The van der Waals surface area contributed by atoms with E-state index in [1.807, 2.05) is 44.2 Å². The molecule has 3 aromatic rings. The number of hydrogen-bond donors (Lipinski definition) is 2. The number of nitrogens with zero attached hydrogens (tertiary/aromatic N) is 2. The van der Waals surface area contributed by atoms with Gasteiger partial charge in [0.05, 0.1) is 28.0 Å². The molecule has 0 aliphatic heterocycles. The van der Waals surface area contributed by atoms with Gasteiger partial charge < -0.3 is 15.4 Å². The number of benzene rings is 2. The Kier molecular flexibility index (Phi) is 5.81. The fourth-order valence-electron chi connectivity index (χ4n) is 2.41. The topological polar surface area (TPSA) is 59.1 Å². The quantitative estimate of drug-likeness (QED) is 0.543. The van der Waals surface area contributed by atoms with Gasteiger partial charge in [-0.1, -0.05) is 41.4 Å². The zero-order valence-electron chi connectivity index (χ0n) is 14.4. The number of halogens is 2. The molecule has 7 heteroatoms. The van der Waals surface area contributed by atoms with Crippen molar-refractivity contribution in [1.29, 1.82) is 0 Å². The molecule has 3 rings (SSSR count). The second-order valence-electron chi connectivity index (χ2n) is 5.49. The molecule has 0 fully saturated rings. The molecule has 2 N–H and O–H groups in total. The van der Waals surface area contributed by atoms with Gasteiger partial charge in [0.1, 0.15) is 11.6 Å². The number of nitrogens with one attached hydrogen (secondary N) is 2. The SMILES string of the molecule is CCOc1ccccc1Nc1cc(C)nc(Nc2c(Cl)cccc2Cl)n1. The van der Waals surface area contributed by atoms with E-state index in [0.717, 1.165) is 17.1 Å². The highest BCUT2D eigenvalue weighted by Gasteiger charge is 2.10. The summed E-state index contributed by atoms with van der Waals surface area (Å²) in [6.45, 7) is 4.42. The summed E-state index contributed by atoms with van der Waals surface area (Å²) in [5, 5.41) is 7.36. The van der Waals surface area contributed by atoms with Crippen molar-refractivity contribution in [2.45, 2.75) is 13.8 Å². The van der Waals surface area contributed by atoms with Gasteiger partial charge in [0, 0.05) is 11.8 Å². The van der Waals surface area contributed by atoms with Crippen LogP contribution in [0.4, 0.5) is 23.1 Å². The van der Waals surface area contributed by atoms with E-state index in [2.05, 4.69) is 20.6 Å². The van der Waals surface area contributed by atoms with Crippen molar-refractivity contribution in [1.82, 2.24) is 9.97 Å². The molecule has 134 valence electrons. The second-order valence-corrected chi connectivity index (χ2v) is 6.31. The summed E-state index contributed by atoms with van der Waals surface area (Å²) in [5.41, 5.74) is 2.19. The Balaban J connectivity index is 1.89. The van der Waals surface area contributed by atoms with E-state index in [4.69, 9.17) is 27.9 Å². The first-order valence-corrected chi connectivity index (χ1v) is 8.88. The van der Waals surface area contributed by atoms with E-state index >= 15 is 0 Å². The monoisotopic (exact) mass is 388 g/mol. The largest absolute Gasteiger partial charge is 0.492 e. The third kappa shape index (κ3) is 4.36. The molecular formula is C19H18Cl2N4O. The van der Waals surface area contributed by atoms with Gasteiger partial charge in [0.15, 0.2) is 0 Å². The molecular weight excluding hydrogens is 371 g/mol. The van der Waals surface area contributed by atoms with Crippen LogP contribution < -0.4 is 15.4 Å². The van der Waals surface area contributed by atoms with Crippen LogP contribution in [0, 0.1) is 6.92 Å². The maximum atomic E-state index is 6.21. The van der Waals surface area contributed by atoms with Crippen LogP contribution in [0.2, 0.25) is 10.0 Å². The molecule has 0 saturated carbocycles. The molecule has 26 heavy (non-hydrogen) atoms. The smallest absolute Gasteiger partial charge is 0.229 e. The zero-order chi connectivity index (χ0) is 18.5. The van der Waals surface area contributed by atoms with Gasteiger partial charge >= 0.3 is 0 Å². The molecule has 1 aromatic heterocycles. The Morgan fingerprint density at radius 2 is 1.69 bits per heavy atom. The maximum Gasteiger partial charge on any atom is 0.229 e. The van der Waals surface area contributed by atoms with Crippen LogP contribution in [0.5, 0.6) is 5.75 Å². The lowest BCUT2D eigenvalue weighted by Crippen LogP contribution is -2.04. The summed E-state index contributed by atoms with van der Waals surface area (Å²) < 4.78 is 5.64. The Morgan fingerprint density at radius 3 is 2.42 bits per heavy atom. The average Bonchev–Trinajstić information content (AvgIpc) is 2.60. The molecule has 0 unspecified atom stereocenters. The summed E-state index contributed by atoms with van der Waals surface area (Å²) in [6, 6.07) is 14.8. The summed E-state index contributed by atoms with van der Waals surface area (Å²) in [5.74, 6) is 1.79. The minimum atomic E-state index is 0.399. The third-order valence-corrected chi connectivity index (χ3v) is 4.13. The molecule has 0 bridgehead atoms. The van der Waals surface area contributed by atoms with E-state index in [-0.39, 0.29) is 0 Å². The fourth-order valence-corrected chi connectivity index (χ4v) is 2.90. The van der Waals surface area contributed by atoms with Crippen LogP contribution in [0.1, 0.15) is 12.6 Å². The van der Waals surface area contributed by atoms with E-state index < -0.39 is 0 Å². The summed E-state index contributed by atoms with van der Waals surface area (Å²) in [4.78, 5) is 8.90. The Hall–Kier alpha value is -2.50. The predicted octanol–water partition coefficient (Wildman–Crippen LogP) is 5.98. The van der Waals surface area contributed by atoms with Gasteiger partial charge in [-0.15, -0.1) is 0 Å². The van der Waals surface area contributed by atoms with Gasteiger partial charge in [0.25, 0.3) is 0 Å². The first-order valence-electron chi connectivity index (χ1n) is 8.12. The average molecular weight is 389 g/mol. The van der Waals surface area contributed by atoms with Crippen molar-refractivity contribution in [2.75, 3.05) is 17.2 Å². The maximum absolute atomic E-state index is 6.21. The van der Waals surface area contributed by atoms with Gasteiger partial charge in [-0.25, -0.2) is 4.98 Å². The number of anilines is 4. The van der Waals surface area contributed by atoms with Crippen LogP contribution in [-0.4, -0.2) is 16.6 Å². The molecule has 0 amide bonds. The Bertz CT molecular complexity index is 898. The zero-order valence-corrected chi connectivity index (χ0v) is 15.9. The first kappa shape index (κ1) is 18.3. The summed E-state index contributed by atoms with van der Waals surface area (Å²) in [6.07, 6.45) is 0. The molecule has 0 aliphatic carbocycles. The molecule has 5 nitrogen and oxygen atoms in total.